The van der Waals surface area contributed by atoms with Crippen LogP contribution in [-0.2, 0) is 15.2 Å². The Hall–Kier alpha value is -2.92. The van der Waals surface area contributed by atoms with Crippen molar-refractivity contribution in [2.24, 2.45) is 5.41 Å². The van der Waals surface area contributed by atoms with Gasteiger partial charge >= 0.3 is 6.09 Å². The molecule has 2 saturated heterocycles. The van der Waals surface area contributed by atoms with Gasteiger partial charge < -0.3 is 20.1 Å². The van der Waals surface area contributed by atoms with E-state index < -0.39 is 17.1 Å². The van der Waals surface area contributed by atoms with Crippen LogP contribution in [0.25, 0.3) is 5.65 Å². The molecule has 11 heteroatoms. The number of hydroxylamine groups is 2. The number of hydrogen-bond donors (Lipinski definition) is 2. The molecule has 186 valence electrons. The molecule has 0 aliphatic carbocycles. The molecule has 0 radical (unpaired) electrons. The molecule has 4 heterocycles. The molecule has 2 N–H and O–H groups in total. The molecular formula is C23H34N6O5. The largest absolute Gasteiger partial charge is 0.465 e. The molecule has 2 unspecified atom stereocenters. The number of carboxylic acid groups (broad SMARTS) is 1. The SMILES string of the molecule is CON(C)C(=O)c1cc2nc(N3CCCC3)cc(C3(C(C)(C)C)CC(NC(=O)O)CCO3)n2n1. The molecule has 0 bridgehead atoms. The zero-order chi connectivity index (χ0) is 24.7. The highest BCUT2D eigenvalue weighted by Crippen LogP contribution is 2.49. The minimum absolute atomic E-state index is 0.205. The zero-order valence-electron chi connectivity index (χ0n) is 20.5. The Morgan fingerprint density at radius 1 is 1.29 bits per heavy atom. The highest BCUT2D eigenvalue weighted by Gasteiger charge is 2.51. The molecule has 2 aliphatic rings. The number of fused-ring (bicyclic) bond motifs is 1. The maximum atomic E-state index is 12.8. The van der Waals surface area contributed by atoms with Crippen LogP contribution in [0.15, 0.2) is 12.1 Å². The molecular weight excluding hydrogens is 440 g/mol. The van der Waals surface area contributed by atoms with E-state index in [0.29, 0.717) is 25.1 Å². The summed E-state index contributed by atoms with van der Waals surface area (Å²) in [6.45, 7) is 8.43. The fraction of sp³-hybridized carbons (Fsp3) is 0.652. The highest BCUT2D eigenvalue weighted by molar-refractivity contribution is 5.92. The summed E-state index contributed by atoms with van der Waals surface area (Å²) in [6.07, 6.45) is 2.15. The summed E-state index contributed by atoms with van der Waals surface area (Å²) in [6, 6.07) is 3.38. The van der Waals surface area contributed by atoms with Gasteiger partial charge in [0, 0.05) is 51.3 Å². The van der Waals surface area contributed by atoms with Crippen LogP contribution in [0.1, 0.15) is 62.6 Å². The van der Waals surface area contributed by atoms with Crippen molar-refractivity contribution in [3.8, 4) is 0 Å². The maximum absolute atomic E-state index is 12.8. The fourth-order valence-corrected chi connectivity index (χ4v) is 4.97. The number of carbonyl (C=O) groups excluding carboxylic acids is 1. The predicted octanol–water partition coefficient (Wildman–Crippen LogP) is 2.65. The van der Waals surface area contributed by atoms with Crippen LogP contribution in [0.4, 0.5) is 10.6 Å². The number of anilines is 1. The molecule has 11 nitrogen and oxygen atoms in total. The van der Waals surface area contributed by atoms with Crippen molar-refractivity contribution in [1.82, 2.24) is 25.0 Å². The summed E-state index contributed by atoms with van der Waals surface area (Å²) >= 11 is 0. The average Bonchev–Trinajstić information content (AvgIpc) is 3.46. The molecule has 0 saturated carbocycles. The summed E-state index contributed by atoms with van der Waals surface area (Å²) in [4.78, 5) is 36.4. The van der Waals surface area contributed by atoms with Crippen LogP contribution in [0.2, 0.25) is 0 Å². The van der Waals surface area contributed by atoms with Crippen LogP contribution in [0.3, 0.4) is 0 Å². The van der Waals surface area contributed by atoms with Crippen molar-refractivity contribution in [2.75, 3.05) is 38.8 Å². The van der Waals surface area contributed by atoms with E-state index in [1.165, 1.54) is 14.2 Å². The third kappa shape index (κ3) is 4.29. The van der Waals surface area contributed by atoms with Crippen molar-refractivity contribution in [3.05, 3.63) is 23.5 Å². The topological polar surface area (TPSA) is 122 Å². The number of nitrogens with one attached hydrogen (secondary N) is 1. The van der Waals surface area contributed by atoms with Crippen LogP contribution < -0.4 is 10.2 Å². The Kier molecular flexibility index (Phi) is 6.43. The van der Waals surface area contributed by atoms with E-state index in [4.69, 9.17) is 14.6 Å². The van der Waals surface area contributed by atoms with Crippen LogP contribution in [-0.4, -0.2) is 76.7 Å². The Morgan fingerprint density at radius 2 is 2.00 bits per heavy atom. The first-order valence-corrected chi connectivity index (χ1v) is 11.7. The second kappa shape index (κ2) is 9.03. The van der Waals surface area contributed by atoms with E-state index >= 15 is 0 Å². The molecule has 2 atom stereocenters. The average molecular weight is 475 g/mol. The van der Waals surface area contributed by atoms with Gasteiger partial charge in [-0.25, -0.2) is 19.4 Å². The number of rotatable bonds is 5. The van der Waals surface area contributed by atoms with Gasteiger partial charge in [-0.05, 0) is 24.7 Å². The van der Waals surface area contributed by atoms with Gasteiger partial charge in [0.1, 0.15) is 11.4 Å². The molecule has 2 aliphatic heterocycles. The number of nitrogens with zero attached hydrogens (tertiary/aromatic N) is 5. The van der Waals surface area contributed by atoms with Gasteiger partial charge in [0.15, 0.2) is 11.3 Å². The van der Waals surface area contributed by atoms with Crippen molar-refractivity contribution >= 4 is 23.5 Å². The number of ether oxygens (including phenoxy) is 1. The van der Waals surface area contributed by atoms with E-state index in [1.807, 2.05) is 6.07 Å². The normalized spacial score (nSPS) is 23.3. The number of aromatic nitrogens is 3. The Bertz CT molecular complexity index is 1070. The molecule has 0 aromatic carbocycles. The quantitative estimate of drug-likeness (QED) is 0.635. The fourth-order valence-electron chi connectivity index (χ4n) is 4.97. The van der Waals surface area contributed by atoms with E-state index in [2.05, 4.69) is 36.1 Å². The van der Waals surface area contributed by atoms with E-state index in [-0.39, 0.29) is 17.6 Å². The molecule has 2 aromatic rings. The van der Waals surface area contributed by atoms with Crippen molar-refractivity contribution in [3.63, 3.8) is 0 Å². The Labute approximate surface area is 199 Å². The van der Waals surface area contributed by atoms with Crippen LogP contribution in [0, 0.1) is 5.41 Å². The van der Waals surface area contributed by atoms with Gasteiger partial charge in [-0.15, -0.1) is 0 Å². The van der Waals surface area contributed by atoms with Crippen LogP contribution >= 0.6 is 0 Å². The monoisotopic (exact) mass is 474 g/mol. The van der Waals surface area contributed by atoms with Crippen molar-refractivity contribution in [1.29, 1.82) is 0 Å². The predicted molar refractivity (Wildman–Crippen MR) is 125 cm³/mol. The van der Waals surface area contributed by atoms with Gasteiger partial charge in [-0.1, -0.05) is 20.8 Å². The second-order valence-corrected chi connectivity index (χ2v) is 10.0. The third-order valence-corrected chi connectivity index (χ3v) is 6.92. The van der Waals surface area contributed by atoms with Crippen molar-refractivity contribution < 1.29 is 24.3 Å². The standard InChI is InChI=1S/C23H34N6O5/c1-22(2,3)23(14-15(8-11-34-23)24-21(31)32)17-13-18(28-9-6-7-10-28)25-19-12-16(26-29(17)19)20(30)27(4)33-5/h12-13,15,24H,6-11,14H2,1-5H3,(H,31,32). The first-order valence-electron chi connectivity index (χ1n) is 11.7. The summed E-state index contributed by atoms with van der Waals surface area (Å²) < 4.78 is 8.20. The van der Waals surface area contributed by atoms with E-state index in [9.17, 15) is 14.7 Å². The summed E-state index contributed by atoms with van der Waals surface area (Å²) in [5.74, 6) is 0.418. The minimum Gasteiger partial charge on any atom is -0.465 e. The van der Waals surface area contributed by atoms with Gasteiger partial charge in [0.2, 0.25) is 0 Å². The van der Waals surface area contributed by atoms with Crippen LogP contribution in [0.5, 0.6) is 0 Å². The molecule has 34 heavy (non-hydrogen) atoms. The number of hydrogen-bond acceptors (Lipinski definition) is 7. The van der Waals surface area contributed by atoms with Gasteiger partial charge in [-0.3, -0.25) is 9.63 Å². The number of carbonyl (C=O) groups is 2. The third-order valence-electron chi connectivity index (χ3n) is 6.92. The lowest BCUT2D eigenvalue weighted by molar-refractivity contribution is -0.161. The van der Waals surface area contributed by atoms with E-state index in [1.54, 1.807) is 10.6 Å². The summed E-state index contributed by atoms with van der Waals surface area (Å²) in [5, 5.41) is 17.7. The number of amides is 2. The smallest absolute Gasteiger partial charge is 0.404 e. The molecule has 2 aromatic heterocycles. The maximum Gasteiger partial charge on any atom is 0.404 e. The zero-order valence-corrected chi connectivity index (χ0v) is 20.5. The minimum atomic E-state index is -1.05. The summed E-state index contributed by atoms with van der Waals surface area (Å²) in [5.41, 5.74) is 0.211. The lowest BCUT2D eigenvalue weighted by atomic mass is 9.69. The Balaban J connectivity index is 1.91. The molecule has 2 fully saturated rings. The Morgan fingerprint density at radius 3 is 2.62 bits per heavy atom. The molecule has 4 rings (SSSR count). The first kappa shape index (κ1) is 24.2. The molecule has 0 spiro atoms. The lowest BCUT2D eigenvalue weighted by Crippen LogP contribution is -2.53. The van der Waals surface area contributed by atoms with Crippen molar-refractivity contribution in [2.45, 2.75) is 58.1 Å². The highest BCUT2D eigenvalue weighted by atomic mass is 16.7. The van der Waals surface area contributed by atoms with Gasteiger partial charge in [0.05, 0.1) is 12.8 Å². The first-order chi connectivity index (χ1) is 16.1. The van der Waals surface area contributed by atoms with Gasteiger partial charge in [-0.2, -0.15) is 5.10 Å². The molecule has 2 amide bonds. The van der Waals surface area contributed by atoms with E-state index in [0.717, 1.165) is 42.5 Å². The second-order valence-electron chi connectivity index (χ2n) is 10.0. The summed E-state index contributed by atoms with van der Waals surface area (Å²) in [7, 11) is 2.95. The lowest BCUT2D eigenvalue weighted by Gasteiger charge is -2.49. The van der Waals surface area contributed by atoms with Gasteiger partial charge in [0.25, 0.3) is 5.91 Å².